The quantitative estimate of drug-likeness (QED) is 0.532. The number of ether oxygens (including phenoxy) is 2. The van der Waals surface area contributed by atoms with Gasteiger partial charge in [-0.15, -0.1) is 10.2 Å². The van der Waals surface area contributed by atoms with Crippen LogP contribution >= 0.6 is 11.8 Å². The maximum Gasteiger partial charge on any atom is 0.243 e. The predicted octanol–water partition coefficient (Wildman–Crippen LogP) is 0.589. The SMILES string of the molecule is Cn1c(N)nnc1SCCOc1ccc(S(=O)(=O)N2CCOCC2)cc1. The average Bonchev–Trinajstić information content (AvgIpc) is 2.98. The molecular formula is C15H21N5O4S2. The molecule has 0 amide bonds. The van der Waals surface area contributed by atoms with Gasteiger partial charge in [-0.25, -0.2) is 8.42 Å². The molecular weight excluding hydrogens is 378 g/mol. The first-order chi connectivity index (χ1) is 12.5. The van der Waals surface area contributed by atoms with E-state index in [1.807, 2.05) is 0 Å². The summed E-state index contributed by atoms with van der Waals surface area (Å²) in [5.74, 6) is 1.65. The lowest BCUT2D eigenvalue weighted by Crippen LogP contribution is -2.40. The van der Waals surface area contributed by atoms with Gasteiger partial charge in [-0.2, -0.15) is 4.31 Å². The van der Waals surface area contributed by atoms with Crippen LogP contribution in [0.15, 0.2) is 34.3 Å². The van der Waals surface area contributed by atoms with Crippen molar-refractivity contribution in [3.63, 3.8) is 0 Å². The lowest BCUT2D eigenvalue weighted by molar-refractivity contribution is 0.0730. The molecule has 0 bridgehead atoms. The maximum atomic E-state index is 12.6. The summed E-state index contributed by atoms with van der Waals surface area (Å²) in [6, 6.07) is 6.46. The van der Waals surface area contributed by atoms with Crippen LogP contribution in [0.3, 0.4) is 0 Å². The van der Waals surface area contributed by atoms with Gasteiger partial charge in [0.05, 0.1) is 24.7 Å². The lowest BCUT2D eigenvalue weighted by Gasteiger charge is -2.26. The minimum atomic E-state index is -3.48. The monoisotopic (exact) mass is 399 g/mol. The highest BCUT2D eigenvalue weighted by atomic mass is 32.2. The Hall–Kier alpha value is -1.82. The Labute approximate surface area is 156 Å². The molecule has 1 aromatic heterocycles. The lowest BCUT2D eigenvalue weighted by atomic mass is 10.3. The zero-order chi connectivity index (χ0) is 18.6. The van der Waals surface area contributed by atoms with Crippen LogP contribution in [0, 0.1) is 0 Å². The van der Waals surface area contributed by atoms with E-state index < -0.39 is 10.0 Å². The highest BCUT2D eigenvalue weighted by Crippen LogP contribution is 2.21. The largest absolute Gasteiger partial charge is 0.493 e. The van der Waals surface area contributed by atoms with Gasteiger partial charge in [0.2, 0.25) is 16.0 Å². The van der Waals surface area contributed by atoms with E-state index in [0.29, 0.717) is 50.4 Å². The number of nitrogens with zero attached hydrogens (tertiary/aromatic N) is 4. The van der Waals surface area contributed by atoms with Crippen molar-refractivity contribution < 1.29 is 17.9 Å². The smallest absolute Gasteiger partial charge is 0.243 e. The molecule has 1 aliphatic heterocycles. The summed E-state index contributed by atoms with van der Waals surface area (Å²) in [4.78, 5) is 0.260. The number of nitrogen functional groups attached to an aromatic ring is 1. The highest BCUT2D eigenvalue weighted by molar-refractivity contribution is 7.99. The van der Waals surface area contributed by atoms with Gasteiger partial charge < -0.3 is 15.2 Å². The van der Waals surface area contributed by atoms with Crippen LogP contribution in [0.4, 0.5) is 5.95 Å². The van der Waals surface area contributed by atoms with Crippen molar-refractivity contribution in [1.82, 2.24) is 19.1 Å². The number of morpholine rings is 1. The van der Waals surface area contributed by atoms with Crippen molar-refractivity contribution in [3.8, 4) is 5.75 Å². The van der Waals surface area contributed by atoms with Gasteiger partial charge in [-0.1, -0.05) is 11.8 Å². The first-order valence-corrected chi connectivity index (χ1v) is 10.5. The van der Waals surface area contributed by atoms with Crippen molar-refractivity contribution in [3.05, 3.63) is 24.3 Å². The average molecular weight is 399 g/mol. The van der Waals surface area contributed by atoms with E-state index in [4.69, 9.17) is 15.2 Å². The molecule has 26 heavy (non-hydrogen) atoms. The summed E-state index contributed by atoms with van der Waals surface area (Å²) in [5.41, 5.74) is 5.62. The van der Waals surface area contributed by atoms with Crippen molar-refractivity contribution in [1.29, 1.82) is 0 Å². The summed E-state index contributed by atoms with van der Waals surface area (Å²) >= 11 is 1.48. The van der Waals surface area contributed by atoms with Crippen LogP contribution in [0.5, 0.6) is 5.75 Å². The van der Waals surface area contributed by atoms with Crippen LogP contribution in [0.25, 0.3) is 0 Å². The first kappa shape index (κ1) is 19.0. The third-order valence-electron chi connectivity index (χ3n) is 3.88. The van der Waals surface area contributed by atoms with Gasteiger partial charge in [-0.3, -0.25) is 4.57 Å². The third kappa shape index (κ3) is 4.29. The minimum absolute atomic E-state index is 0.260. The van der Waals surface area contributed by atoms with E-state index in [2.05, 4.69) is 10.2 Å². The molecule has 11 heteroatoms. The van der Waals surface area contributed by atoms with Crippen LogP contribution in [0.1, 0.15) is 0 Å². The Balaban J connectivity index is 1.52. The zero-order valence-corrected chi connectivity index (χ0v) is 16.0. The van der Waals surface area contributed by atoms with Gasteiger partial charge >= 0.3 is 0 Å². The van der Waals surface area contributed by atoms with Gasteiger partial charge in [0, 0.05) is 25.9 Å². The minimum Gasteiger partial charge on any atom is -0.493 e. The van der Waals surface area contributed by atoms with Crippen molar-refractivity contribution in [2.75, 3.05) is 44.4 Å². The van der Waals surface area contributed by atoms with Crippen molar-refractivity contribution >= 4 is 27.7 Å². The maximum absolute atomic E-state index is 12.6. The molecule has 1 saturated heterocycles. The molecule has 0 spiro atoms. The molecule has 0 aliphatic carbocycles. The molecule has 0 atom stereocenters. The van der Waals surface area contributed by atoms with Crippen LogP contribution in [-0.2, 0) is 21.8 Å². The summed E-state index contributed by atoms with van der Waals surface area (Å²) in [6.45, 7) is 2.06. The third-order valence-corrected chi connectivity index (χ3v) is 6.78. The number of benzene rings is 1. The van der Waals surface area contributed by atoms with Gasteiger partial charge in [-0.05, 0) is 24.3 Å². The molecule has 1 fully saturated rings. The van der Waals surface area contributed by atoms with Crippen LogP contribution in [-0.4, -0.2) is 66.2 Å². The Morgan fingerprint density at radius 1 is 1.23 bits per heavy atom. The predicted molar refractivity (Wildman–Crippen MR) is 97.7 cm³/mol. The number of anilines is 1. The second-order valence-corrected chi connectivity index (χ2v) is 8.58. The Morgan fingerprint density at radius 2 is 1.92 bits per heavy atom. The van der Waals surface area contributed by atoms with E-state index in [-0.39, 0.29) is 4.90 Å². The molecule has 0 radical (unpaired) electrons. The number of sulfonamides is 1. The number of hydrogen-bond donors (Lipinski definition) is 1. The molecule has 2 heterocycles. The Kier molecular flexibility index (Phi) is 6.01. The number of rotatable bonds is 7. The molecule has 2 N–H and O–H groups in total. The molecule has 2 aromatic rings. The Morgan fingerprint density at radius 3 is 2.54 bits per heavy atom. The number of hydrogen-bond acceptors (Lipinski definition) is 8. The molecule has 0 unspecified atom stereocenters. The molecule has 1 aromatic carbocycles. The van der Waals surface area contributed by atoms with E-state index >= 15 is 0 Å². The number of thioether (sulfide) groups is 1. The molecule has 1 aliphatic rings. The zero-order valence-electron chi connectivity index (χ0n) is 14.4. The van der Waals surface area contributed by atoms with E-state index in [0.717, 1.165) is 5.16 Å². The summed E-state index contributed by atoms with van der Waals surface area (Å²) in [5, 5.41) is 8.46. The normalized spacial score (nSPS) is 15.9. The standard InChI is InChI=1S/C15H21N5O4S2/c1-19-14(16)17-18-15(19)25-11-10-24-12-2-4-13(5-3-12)26(21,22)20-6-8-23-9-7-20/h2-5H,6-11H2,1H3,(H2,16,17). The first-order valence-electron chi connectivity index (χ1n) is 8.07. The van der Waals surface area contributed by atoms with Crippen LogP contribution < -0.4 is 10.5 Å². The van der Waals surface area contributed by atoms with Crippen molar-refractivity contribution in [2.24, 2.45) is 7.05 Å². The second kappa shape index (κ2) is 8.25. The van der Waals surface area contributed by atoms with Gasteiger partial charge in [0.25, 0.3) is 0 Å². The van der Waals surface area contributed by atoms with Crippen LogP contribution in [0.2, 0.25) is 0 Å². The summed E-state index contributed by atoms with van der Waals surface area (Å²) in [6.07, 6.45) is 0. The second-order valence-electron chi connectivity index (χ2n) is 5.58. The summed E-state index contributed by atoms with van der Waals surface area (Å²) in [7, 11) is -1.68. The van der Waals surface area contributed by atoms with Gasteiger partial charge in [0.1, 0.15) is 5.75 Å². The molecule has 3 rings (SSSR count). The Bertz CT molecular complexity index is 832. The number of nitrogens with two attached hydrogens (primary N) is 1. The number of aromatic nitrogens is 3. The molecule has 142 valence electrons. The fraction of sp³-hybridized carbons (Fsp3) is 0.467. The fourth-order valence-corrected chi connectivity index (χ4v) is 4.53. The van der Waals surface area contributed by atoms with E-state index in [9.17, 15) is 8.42 Å². The van der Waals surface area contributed by atoms with E-state index in [1.54, 1.807) is 35.9 Å². The highest BCUT2D eigenvalue weighted by Gasteiger charge is 2.26. The van der Waals surface area contributed by atoms with E-state index in [1.165, 1.54) is 16.1 Å². The molecule has 0 saturated carbocycles. The topological polar surface area (TPSA) is 113 Å². The fourth-order valence-electron chi connectivity index (χ4n) is 2.39. The molecule has 9 nitrogen and oxygen atoms in total. The van der Waals surface area contributed by atoms with Gasteiger partial charge in [0.15, 0.2) is 5.16 Å². The summed E-state index contributed by atoms with van der Waals surface area (Å²) < 4.78 is 39.1. The van der Waals surface area contributed by atoms with Crippen molar-refractivity contribution in [2.45, 2.75) is 10.1 Å².